The lowest BCUT2D eigenvalue weighted by atomic mass is 9.98. The van der Waals surface area contributed by atoms with Crippen molar-refractivity contribution in [1.82, 2.24) is 4.98 Å². The van der Waals surface area contributed by atoms with Crippen LogP contribution in [0, 0.1) is 6.92 Å². The highest BCUT2D eigenvalue weighted by Gasteiger charge is 2.38. The largest absolute Gasteiger partial charge is 0.479 e. The van der Waals surface area contributed by atoms with Gasteiger partial charge in [-0.1, -0.05) is 6.42 Å². The maximum absolute atomic E-state index is 13.0. The quantitative estimate of drug-likeness (QED) is 0.689. The fourth-order valence-electron chi connectivity index (χ4n) is 3.97. The van der Waals surface area contributed by atoms with Crippen LogP contribution in [0.3, 0.4) is 0 Å². The molecule has 0 radical (unpaired) electrons. The van der Waals surface area contributed by atoms with Gasteiger partial charge in [0, 0.05) is 10.9 Å². The number of hydrogen-bond acceptors (Lipinski definition) is 6. The lowest BCUT2D eigenvalue weighted by molar-refractivity contribution is -0.153. The van der Waals surface area contributed by atoms with Gasteiger partial charge in [0.1, 0.15) is 17.9 Å². The molecule has 2 atom stereocenters. The van der Waals surface area contributed by atoms with Crippen molar-refractivity contribution in [2.75, 3.05) is 4.90 Å². The van der Waals surface area contributed by atoms with Gasteiger partial charge in [-0.15, -0.1) is 11.3 Å². The van der Waals surface area contributed by atoms with E-state index in [9.17, 15) is 9.59 Å². The van der Waals surface area contributed by atoms with Crippen molar-refractivity contribution in [1.29, 1.82) is 0 Å². The molecule has 29 heavy (non-hydrogen) atoms. The van der Waals surface area contributed by atoms with Crippen molar-refractivity contribution in [2.45, 2.75) is 71.1 Å². The van der Waals surface area contributed by atoms with Gasteiger partial charge < -0.3 is 9.47 Å². The summed E-state index contributed by atoms with van der Waals surface area (Å²) in [5.41, 5.74) is 2.32. The number of ether oxygens (including phenoxy) is 2. The van der Waals surface area contributed by atoms with Gasteiger partial charge in [0.25, 0.3) is 5.91 Å². The number of anilines is 1. The molecule has 4 rings (SSSR count). The van der Waals surface area contributed by atoms with Crippen LogP contribution in [-0.2, 0) is 14.3 Å². The van der Waals surface area contributed by atoms with Crippen LogP contribution in [0.15, 0.2) is 23.6 Å². The van der Waals surface area contributed by atoms with E-state index in [1.807, 2.05) is 30.5 Å². The first-order valence-corrected chi connectivity index (χ1v) is 11.1. The lowest BCUT2D eigenvalue weighted by Crippen LogP contribution is -2.52. The van der Waals surface area contributed by atoms with Crippen LogP contribution in [0.25, 0.3) is 11.3 Å². The normalized spacial score (nSPS) is 20.7. The van der Waals surface area contributed by atoms with Crippen LogP contribution in [0.2, 0.25) is 0 Å². The van der Waals surface area contributed by atoms with Gasteiger partial charge in [-0.3, -0.25) is 9.69 Å². The van der Waals surface area contributed by atoms with Crippen LogP contribution in [0.5, 0.6) is 5.75 Å². The predicted octanol–water partition coefficient (Wildman–Crippen LogP) is 4.50. The smallest absolute Gasteiger partial charge is 0.329 e. The fourth-order valence-corrected chi connectivity index (χ4v) is 4.59. The molecule has 2 unspecified atom stereocenters. The minimum Gasteiger partial charge on any atom is -0.479 e. The number of esters is 1. The Morgan fingerprint density at radius 1 is 1.31 bits per heavy atom. The highest BCUT2D eigenvalue weighted by Crippen LogP contribution is 2.39. The number of thiazole rings is 1. The Balaban J connectivity index is 1.63. The Hall–Kier alpha value is -2.41. The van der Waals surface area contributed by atoms with Gasteiger partial charge in [0.05, 0.1) is 16.4 Å². The second-order valence-electron chi connectivity index (χ2n) is 7.78. The summed E-state index contributed by atoms with van der Waals surface area (Å²) in [5.74, 6) is -0.0115. The average molecular weight is 415 g/mol. The number of aryl methyl sites for hydroxylation is 1. The summed E-state index contributed by atoms with van der Waals surface area (Å²) in [6.45, 7) is 5.39. The van der Waals surface area contributed by atoms with Crippen molar-refractivity contribution in [3.8, 4) is 17.0 Å². The van der Waals surface area contributed by atoms with Crippen LogP contribution >= 0.6 is 11.3 Å². The maximum atomic E-state index is 13.0. The molecule has 6 nitrogen and oxygen atoms in total. The minimum absolute atomic E-state index is 0.0453. The number of carbonyl (C=O) groups is 2. The van der Waals surface area contributed by atoms with Gasteiger partial charge in [0.2, 0.25) is 0 Å². The van der Waals surface area contributed by atoms with Crippen LogP contribution in [0.1, 0.15) is 51.0 Å². The Kier molecular flexibility index (Phi) is 5.58. The van der Waals surface area contributed by atoms with E-state index >= 15 is 0 Å². The maximum Gasteiger partial charge on any atom is 0.329 e. The van der Waals surface area contributed by atoms with Crippen molar-refractivity contribution in [3.63, 3.8) is 0 Å². The molecule has 2 heterocycles. The first-order valence-electron chi connectivity index (χ1n) is 10.2. The van der Waals surface area contributed by atoms with Crippen molar-refractivity contribution < 1.29 is 19.1 Å². The Morgan fingerprint density at radius 3 is 2.76 bits per heavy atom. The highest BCUT2D eigenvalue weighted by molar-refractivity contribution is 7.09. The second kappa shape index (κ2) is 8.14. The number of nitrogens with zero attached hydrogens (tertiary/aromatic N) is 2. The second-order valence-corrected chi connectivity index (χ2v) is 8.84. The van der Waals surface area contributed by atoms with E-state index in [0.717, 1.165) is 41.9 Å². The molecule has 1 saturated carbocycles. The molecular weight excluding hydrogens is 388 g/mol. The zero-order valence-electron chi connectivity index (χ0n) is 17.0. The van der Waals surface area contributed by atoms with Gasteiger partial charge in [-0.25, -0.2) is 9.78 Å². The summed E-state index contributed by atoms with van der Waals surface area (Å²) in [6, 6.07) is 4.92. The third-order valence-electron chi connectivity index (χ3n) is 5.59. The number of fused-ring (bicyclic) bond motifs is 1. The Morgan fingerprint density at radius 2 is 2.07 bits per heavy atom. The standard InChI is InChI=1S/C22H26N2O4S/c1-13(22(26)28-17-7-5-4-6-8-17)24-19-11-16(18-12-29-15(3)23-18)9-10-20(19)27-14(2)21(24)25/h9-14,17H,4-8H2,1-3H3. The zero-order chi connectivity index (χ0) is 20.5. The molecule has 1 fully saturated rings. The first-order chi connectivity index (χ1) is 13.9. The summed E-state index contributed by atoms with van der Waals surface area (Å²) >= 11 is 1.57. The topological polar surface area (TPSA) is 68.7 Å². The van der Waals surface area contributed by atoms with E-state index in [2.05, 4.69) is 4.98 Å². The summed E-state index contributed by atoms with van der Waals surface area (Å²) in [5, 5.41) is 2.95. The summed E-state index contributed by atoms with van der Waals surface area (Å²) in [7, 11) is 0. The number of hydrogen-bond donors (Lipinski definition) is 0. The van der Waals surface area contributed by atoms with Crippen LogP contribution in [-0.4, -0.2) is 35.1 Å². The first kappa shape index (κ1) is 19.9. The van der Waals surface area contributed by atoms with E-state index < -0.39 is 12.1 Å². The molecule has 1 aliphatic heterocycles. The molecule has 154 valence electrons. The molecule has 0 saturated heterocycles. The number of aromatic nitrogens is 1. The van der Waals surface area contributed by atoms with Crippen molar-refractivity contribution in [3.05, 3.63) is 28.6 Å². The number of amides is 1. The van der Waals surface area contributed by atoms with E-state index in [-0.39, 0.29) is 18.0 Å². The molecule has 0 bridgehead atoms. The van der Waals surface area contributed by atoms with Gasteiger partial charge in [-0.2, -0.15) is 0 Å². The molecule has 2 aliphatic rings. The molecule has 0 spiro atoms. The zero-order valence-corrected chi connectivity index (χ0v) is 17.8. The van der Waals surface area contributed by atoms with E-state index in [1.54, 1.807) is 25.2 Å². The van der Waals surface area contributed by atoms with E-state index in [0.29, 0.717) is 11.4 Å². The third kappa shape index (κ3) is 4.01. The summed E-state index contributed by atoms with van der Waals surface area (Å²) < 4.78 is 11.5. The minimum atomic E-state index is -0.720. The van der Waals surface area contributed by atoms with Gasteiger partial charge >= 0.3 is 5.97 Å². The number of rotatable bonds is 4. The summed E-state index contributed by atoms with van der Waals surface area (Å²) in [4.78, 5) is 31.9. The fraction of sp³-hybridized carbons (Fsp3) is 0.500. The predicted molar refractivity (Wildman–Crippen MR) is 112 cm³/mol. The molecule has 1 aliphatic carbocycles. The highest BCUT2D eigenvalue weighted by atomic mass is 32.1. The Labute approximate surface area is 174 Å². The number of benzene rings is 1. The van der Waals surface area contributed by atoms with Gasteiger partial charge in [-0.05, 0) is 64.7 Å². The molecule has 0 N–H and O–H groups in total. The van der Waals surface area contributed by atoms with Gasteiger partial charge in [0.15, 0.2) is 6.10 Å². The summed E-state index contributed by atoms with van der Waals surface area (Å²) in [6.07, 6.45) is 4.45. The van der Waals surface area contributed by atoms with Crippen LogP contribution in [0.4, 0.5) is 5.69 Å². The van der Waals surface area contributed by atoms with E-state index in [1.165, 1.54) is 11.3 Å². The SMILES string of the molecule is Cc1nc(-c2ccc3c(c2)N(C(C)C(=O)OC2CCCCC2)C(=O)C(C)O3)cs1. The average Bonchev–Trinajstić information content (AvgIpc) is 3.15. The molecule has 7 heteroatoms. The Bertz CT molecular complexity index is 919. The molecule has 2 aromatic rings. The molecule has 1 amide bonds. The lowest BCUT2D eigenvalue weighted by Gasteiger charge is -2.36. The van der Waals surface area contributed by atoms with Crippen molar-refractivity contribution in [2.24, 2.45) is 0 Å². The third-order valence-corrected chi connectivity index (χ3v) is 6.36. The molecular formula is C22H26N2O4S. The van der Waals surface area contributed by atoms with Crippen LogP contribution < -0.4 is 9.64 Å². The monoisotopic (exact) mass is 414 g/mol. The molecule has 1 aromatic carbocycles. The van der Waals surface area contributed by atoms with E-state index in [4.69, 9.17) is 9.47 Å². The number of carbonyl (C=O) groups excluding carboxylic acids is 2. The molecule has 1 aromatic heterocycles. The van der Waals surface area contributed by atoms with Crippen molar-refractivity contribution >= 4 is 28.9 Å².